The molecule has 0 unspecified atom stereocenters. The Labute approximate surface area is 84.9 Å². The molecule has 4 heteroatoms. The second-order valence-electron chi connectivity index (χ2n) is 3.18. The molecule has 0 aromatic carbocycles. The fourth-order valence-corrected chi connectivity index (χ4v) is 1.04. The monoisotopic (exact) mass is 199 g/mol. The SMILES string of the molecule is C#CCOCCCN(C(=O)O)C(C)C. The Hall–Kier alpha value is -1.21. The van der Waals surface area contributed by atoms with Crippen LogP contribution in [0.2, 0.25) is 0 Å². The molecule has 4 nitrogen and oxygen atoms in total. The van der Waals surface area contributed by atoms with Crippen molar-refractivity contribution in [2.75, 3.05) is 19.8 Å². The minimum Gasteiger partial charge on any atom is -0.465 e. The third kappa shape index (κ3) is 5.44. The van der Waals surface area contributed by atoms with Gasteiger partial charge in [0, 0.05) is 19.2 Å². The topological polar surface area (TPSA) is 49.8 Å². The van der Waals surface area contributed by atoms with Gasteiger partial charge in [-0.1, -0.05) is 5.92 Å². The highest BCUT2D eigenvalue weighted by atomic mass is 16.5. The summed E-state index contributed by atoms with van der Waals surface area (Å²) < 4.78 is 5.04. The van der Waals surface area contributed by atoms with Crippen molar-refractivity contribution in [1.29, 1.82) is 0 Å². The summed E-state index contributed by atoms with van der Waals surface area (Å²) in [7, 11) is 0. The summed E-state index contributed by atoms with van der Waals surface area (Å²) in [6.07, 6.45) is 4.77. The van der Waals surface area contributed by atoms with Crippen LogP contribution >= 0.6 is 0 Å². The molecule has 1 N–H and O–H groups in total. The van der Waals surface area contributed by atoms with Gasteiger partial charge < -0.3 is 14.7 Å². The maximum atomic E-state index is 10.7. The fraction of sp³-hybridized carbons (Fsp3) is 0.700. The number of amides is 1. The highest BCUT2D eigenvalue weighted by Crippen LogP contribution is 2.00. The number of carboxylic acid groups (broad SMARTS) is 1. The molecule has 1 amide bonds. The quantitative estimate of drug-likeness (QED) is 0.520. The number of ether oxygens (including phenoxy) is 1. The largest absolute Gasteiger partial charge is 0.465 e. The Balaban J connectivity index is 3.63. The van der Waals surface area contributed by atoms with Gasteiger partial charge in [0.05, 0.1) is 0 Å². The van der Waals surface area contributed by atoms with E-state index in [-0.39, 0.29) is 12.6 Å². The van der Waals surface area contributed by atoms with E-state index in [1.54, 1.807) is 0 Å². The maximum Gasteiger partial charge on any atom is 0.407 e. The van der Waals surface area contributed by atoms with Crippen molar-refractivity contribution >= 4 is 6.09 Å². The zero-order chi connectivity index (χ0) is 11.0. The molecule has 0 rings (SSSR count). The van der Waals surface area contributed by atoms with E-state index >= 15 is 0 Å². The van der Waals surface area contributed by atoms with Crippen LogP contribution in [-0.2, 0) is 4.74 Å². The molecule has 0 aliphatic rings. The third-order valence-corrected chi connectivity index (χ3v) is 1.74. The Kier molecular flexibility index (Phi) is 6.59. The first-order chi connectivity index (χ1) is 6.59. The van der Waals surface area contributed by atoms with Crippen LogP contribution in [0.5, 0.6) is 0 Å². The molecule has 0 radical (unpaired) electrons. The number of rotatable bonds is 6. The first-order valence-corrected chi connectivity index (χ1v) is 4.60. The van der Waals surface area contributed by atoms with Crippen LogP contribution in [0.1, 0.15) is 20.3 Å². The Morgan fingerprint density at radius 3 is 2.71 bits per heavy atom. The first-order valence-electron chi connectivity index (χ1n) is 4.60. The Morgan fingerprint density at radius 1 is 1.64 bits per heavy atom. The lowest BCUT2D eigenvalue weighted by atomic mass is 10.3. The Bertz CT molecular complexity index is 208. The minimum absolute atomic E-state index is 0.000124. The van der Waals surface area contributed by atoms with Gasteiger partial charge in [0.25, 0.3) is 0 Å². The number of carbonyl (C=O) groups is 1. The second-order valence-corrected chi connectivity index (χ2v) is 3.18. The molecule has 0 aliphatic heterocycles. The summed E-state index contributed by atoms with van der Waals surface area (Å²) in [6.45, 7) is 4.96. The zero-order valence-electron chi connectivity index (χ0n) is 8.69. The molecule has 0 aromatic rings. The van der Waals surface area contributed by atoms with Gasteiger partial charge in [-0.15, -0.1) is 6.42 Å². The molecule has 14 heavy (non-hydrogen) atoms. The van der Waals surface area contributed by atoms with Crippen LogP contribution in [-0.4, -0.2) is 41.9 Å². The predicted octanol–water partition coefficient (Wildman–Crippen LogP) is 1.41. The lowest BCUT2D eigenvalue weighted by Crippen LogP contribution is -2.36. The number of terminal acetylenes is 1. The summed E-state index contributed by atoms with van der Waals surface area (Å²) in [4.78, 5) is 12.1. The summed E-state index contributed by atoms with van der Waals surface area (Å²) in [6, 6.07) is 0.000124. The van der Waals surface area contributed by atoms with Crippen LogP contribution < -0.4 is 0 Å². The van der Waals surface area contributed by atoms with Gasteiger partial charge in [0.2, 0.25) is 0 Å². The molecule has 0 fully saturated rings. The maximum absolute atomic E-state index is 10.7. The van der Waals surface area contributed by atoms with Gasteiger partial charge in [0.1, 0.15) is 6.61 Å². The molecular formula is C10H17NO3. The normalized spacial score (nSPS) is 9.86. The predicted molar refractivity (Wildman–Crippen MR) is 54.1 cm³/mol. The van der Waals surface area contributed by atoms with E-state index in [1.807, 2.05) is 13.8 Å². The van der Waals surface area contributed by atoms with Gasteiger partial charge in [-0.3, -0.25) is 0 Å². The summed E-state index contributed by atoms with van der Waals surface area (Å²) in [5.74, 6) is 2.35. The molecule has 0 aromatic heterocycles. The van der Waals surface area contributed by atoms with Crippen molar-refractivity contribution < 1.29 is 14.6 Å². The first kappa shape index (κ1) is 12.8. The highest BCUT2D eigenvalue weighted by molar-refractivity contribution is 5.65. The van der Waals surface area contributed by atoms with Crippen molar-refractivity contribution in [1.82, 2.24) is 4.90 Å². The second kappa shape index (κ2) is 7.22. The van der Waals surface area contributed by atoms with E-state index < -0.39 is 6.09 Å². The molecule has 0 saturated heterocycles. The molecule has 0 bridgehead atoms. The molecule has 0 heterocycles. The summed E-state index contributed by atoms with van der Waals surface area (Å²) in [5.41, 5.74) is 0. The average Bonchev–Trinajstić information content (AvgIpc) is 2.09. The third-order valence-electron chi connectivity index (χ3n) is 1.74. The molecule has 0 spiro atoms. The summed E-state index contributed by atoms with van der Waals surface area (Å²) in [5, 5.41) is 8.80. The van der Waals surface area contributed by atoms with E-state index in [0.717, 1.165) is 0 Å². The van der Waals surface area contributed by atoms with Crippen LogP contribution in [0.25, 0.3) is 0 Å². The van der Waals surface area contributed by atoms with Crippen molar-refractivity contribution in [3.8, 4) is 12.3 Å². The van der Waals surface area contributed by atoms with E-state index in [4.69, 9.17) is 16.3 Å². The van der Waals surface area contributed by atoms with Crippen molar-refractivity contribution in [2.24, 2.45) is 0 Å². The molecule has 0 aliphatic carbocycles. The Morgan fingerprint density at radius 2 is 2.29 bits per heavy atom. The van der Waals surface area contributed by atoms with Crippen molar-refractivity contribution in [3.05, 3.63) is 0 Å². The molecule has 0 saturated carbocycles. The van der Waals surface area contributed by atoms with Crippen LogP contribution in [0.3, 0.4) is 0 Å². The number of hydrogen-bond donors (Lipinski definition) is 1. The van der Waals surface area contributed by atoms with Gasteiger partial charge in [0.15, 0.2) is 0 Å². The van der Waals surface area contributed by atoms with E-state index in [0.29, 0.717) is 19.6 Å². The van der Waals surface area contributed by atoms with Gasteiger partial charge >= 0.3 is 6.09 Å². The van der Waals surface area contributed by atoms with E-state index in [1.165, 1.54) is 4.90 Å². The number of hydrogen-bond acceptors (Lipinski definition) is 2. The van der Waals surface area contributed by atoms with Gasteiger partial charge in [-0.2, -0.15) is 0 Å². The lowest BCUT2D eigenvalue weighted by molar-refractivity contribution is 0.116. The molecule has 0 atom stereocenters. The van der Waals surface area contributed by atoms with E-state index in [2.05, 4.69) is 5.92 Å². The summed E-state index contributed by atoms with van der Waals surface area (Å²) >= 11 is 0. The molecular weight excluding hydrogens is 182 g/mol. The van der Waals surface area contributed by atoms with Crippen LogP contribution in [0.15, 0.2) is 0 Å². The van der Waals surface area contributed by atoms with Gasteiger partial charge in [-0.05, 0) is 20.3 Å². The highest BCUT2D eigenvalue weighted by Gasteiger charge is 2.14. The minimum atomic E-state index is -0.892. The van der Waals surface area contributed by atoms with Gasteiger partial charge in [-0.25, -0.2) is 4.79 Å². The number of nitrogens with zero attached hydrogens (tertiary/aromatic N) is 1. The fourth-order valence-electron chi connectivity index (χ4n) is 1.04. The van der Waals surface area contributed by atoms with Crippen LogP contribution in [0, 0.1) is 12.3 Å². The lowest BCUT2D eigenvalue weighted by Gasteiger charge is -2.22. The molecule has 80 valence electrons. The van der Waals surface area contributed by atoms with Crippen molar-refractivity contribution in [2.45, 2.75) is 26.3 Å². The van der Waals surface area contributed by atoms with Crippen LogP contribution in [0.4, 0.5) is 4.79 Å². The van der Waals surface area contributed by atoms with Crippen molar-refractivity contribution in [3.63, 3.8) is 0 Å². The smallest absolute Gasteiger partial charge is 0.407 e. The average molecular weight is 199 g/mol. The zero-order valence-corrected chi connectivity index (χ0v) is 8.69. The van der Waals surface area contributed by atoms with E-state index in [9.17, 15) is 4.79 Å². The standard InChI is InChI=1S/C10H17NO3/c1-4-7-14-8-5-6-11(9(2)3)10(12)13/h1,9H,5-8H2,2-3H3,(H,12,13).